The van der Waals surface area contributed by atoms with Crippen molar-refractivity contribution in [2.45, 2.75) is 75.7 Å². The van der Waals surface area contributed by atoms with Crippen molar-refractivity contribution >= 4 is 41.4 Å². The van der Waals surface area contributed by atoms with E-state index in [1.54, 1.807) is 0 Å². The van der Waals surface area contributed by atoms with Crippen molar-refractivity contribution in [2.75, 3.05) is 25.1 Å². The van der Waals surface area contributed by atoms with Crippen LogP contribution in [-0.4, -0.2) is 95.2 Å². The second-order valence-corrected chi connectivity index (χ2v) is 9.29. The summed E-state index contributed by atoms with van der Waals surface area (Å²) in [6.45, 7) is 1.92. The Morgan fingerprint density at radius 2 is 1.50 bits per heavy atom. The SMILES string of the molecule is CSCCC(NC(=O)C(N)CCCN=C(N)N)C(=O)NC(CCCCN)C(=O)NC(C(=O)O)C(C)O. The Hall–Kier alpha value is -2.62. The highest BCUT2D eigenvalue weighted by atomic mass is 32.2. The van der Waals surface area contributed by atoms with E-state index >= 15 is 0 Å². The summed E-state index contributed by atoms with van der Waals surface area (Å²) >= 11 is 1.47. The number of amides is 3. The summed E-state index contributed by atoms with van der Waals surface area (Å²) in [5.41, 5.74) is 22.0. The van der Waals surface area contributed by atoms with E-state index in [1.165, 1.54) is 18.7 Å². The lowest BCUT2D eigenvalue weighted by Crippen LogP contribution is -2.58. The van der Waals surface area contributed by atoms with Gasteiger partial charge < -0.3 is 49.1 Å². The van der Waals surface area contributed by atoms with Crippen LogP contribution in [0.15, 0.2) is 4.99 Å². The molecule has 0 aromatic heterocycles. The Labute approximate surface area is 215 Å². The number of hydrogen-bond donors (Lipinski definition) is 9. The Morgan fingerprint density at radius 3 is 2.03 bits per heavy atom. The van der Waals surface area contributed by atoms with E-state index in [1.807, 2.05) is 6.26 Å². The third-order valence-corrected chi connectivity index (χ3v) is 5.82. The largest absolute Gasteiger partial charge is 0.480 e. The molecule has 13 N–H and O–H groups in total. The molecule has 0 aromatic rings. The summed E-state index contributed by atoms with van der Waals surface area (Å²) in [6.07, 6.45) is 2.79. The fourth-order valence-electron chi connectivity index (χ4n) is 3.11. The molecule has 3 amide bonds. The predicted molar refractivity (Wildman–Crippen MR) is 139 cm³/mol. The van der Waals surface area contributed by atoms with Crippen LogP contribution in [0, 0.1) is 0 Å². The molecule has 0 aliphatic rings. The van der Waals surface area contributed by atoms with Gasteiger partial charge in [-0.05, 0) is 64.0 Å². The fourth-order valence-corrected chi connectivity index (χ4v) is 3.58. The molecule has 0 radical (unpaired) electrons. The van der Waals surface area contributed by atoms with Crippen LogP contribution in [0.4, 0.5) is 0 Å². The second kappa shape index (κ2) is 18.6. The number of aliphatic hydroxyl groups is 1. The number of carbonyl (C=O) groups excluding carboxylic acids is 3. The first-order chi connectivity index (χ1) is 16.9. The molecule has 0 aliphatic carbocycles. The van der Waals surface area contributed by atoms with Crippen molar-refractivity contribution in [3.8, 4) is 0 Å². The van der Waals surface area contributed by atoms with E-state index in [0.717, 1.165) is 0 Å². The van der Waals surface area contributed by atoms with Gasteiger partial charge in [-0.2, -0.15) is 11.8 Å². The van der Waals surface area contributed by atoms with Crippen LogP contribution in [0.1, 0.15) is 45.4 Å². The average molecular weight is 535 g/mol. The second-order valence-electron chi connectivity index (χ2n) is 8.31. The third kappa shape index (κ3) is 14.1. The van der Waals surface area contributed by atoms with Gasteiger partial charge in [0.15, 0.2) is 12.0 Å². The molecule has 0 aliphatic heterocycles. The minimum atomic E-state index is -1.55. The molecule has 0 saturated heterocycles. The van der Waals surface area contributed by atoms with Crippen LogP contribution >= 0.6 is 11.8 Å². The zero-order valence-corrected chi connectivity index (χ0v) is 21.8. The van der Waals surface area contributed by atoms with Gasteiger partial charge in [-0.25, -0.2) is 4.79 Å². The molecule has 0 saturated carbocycles. The number of carbonyl (C=O) groups is 4. The van der Waals surface area contributed by atoms with Gasteiger partial charge in [0.05, 0.1) is 12.1 Å². The maximum absolute atomic E-state index is 13.1. The Balaban J connectivity index is 5.37. The topological polar surface area (TPSA) is 261 Å². The lowest BCUT2D eigenvalue weighted by molar-refractivity contribution is -0.145. The van der Waals surface area contributed by atoms with Gasteiger partial charge in [0.25, 0.3) is 0 Å². The molecule has 5 atom stereocenters. The van der Waals surface area contributed by atoms with Crippen LogP contribution in [0.25, 0.3) is 0 Å². The number of carboxylic acid groups (broad SMARTS) is 1. The normalized spacial score (nSPS) is 15.0. The molecule has 0 rings (SSSR count). The van der Waals surface area contributed by atoms with E-state index in [2.05, 4.69) is 20.9 Å². The molecule has 0 spiro atoms. The van der Waals surface area contributed by atoms with Crippen molar-refractivity contribution in [3.05, 3.63) is 0 Å². The molecule has 5 unspecified atom stereocenters. The molecule has 0 bridgehead atoms. The lowest BCUT2D eigenvalue weighted by atomic mass is 10.1. The molecular formula is C21H42N8O6S. The lowest BCUT2D eigenvalue weighted by Gasteiger charge is -2.26. The number of nitrogens with zero attached hydrogens (tertiary/aromatic N) is 1. The number of unbranched alkanes of at least 4 members (excludes halogenated alkanes) is 1. The molecular weight excluding hydrogens is 492 g/mol. The highest BCUT2D eigenvalue weighted by molar-refractivity contribution is 7.98. The third-order valence-electron chi connectivity index (χ3n) is 5.17. The minimum absolute atomic E-state index is 0.0602. The van der Waals surface area contributed by atoms with Crippen LogP contribution < -0.4 is 38.9 Å². The smallest absolute Gasteiger partial charge is 0.328 e. The van der Waals surface area contributed by atoms with E-state index in [0.29, 0.717) is 44.5 Å². The number of rotatable bonds is 19. The van der Waals surface area contributed by atoms with Crippen LogP contribution in [0.3, 0.4) is 0 Å². The van der Waals surface area contributed by atoms with Crippen molar-refractivity contribution in [1.82, 2.24) is 16.0 Å². The summed E-state index contributed by atoms with van der Waals surface area (Å²) in [4.78, 5) is 53.6. The summed E-state index contributed by atoms with van der Waals surface area (Å²) in [7, 11) is 0. The quantitative estimate of drug-likeness (QED) is 0.0463. The number of aliphatic imine (C=N–C) groups is 1. The van der Waals surface area contributed by atoms with Gasteiger partial charge in [0.2, 0.25) is 17.7 Å². The first kappa shape index (κ1) is 33.4. The summed E-state index contributed by atoms with van der Waals surface area (Å²) in [5.74, 6) is -2.84. The fraction of sp³-hybridized carbons (Fsp3) is 0.762. The number of thioether (sulfide) groups is 1. The number of nitrogens with one attached hydrogen (secondary N) is 3. The highest BCUT2D eigenvalue weighted by Gasteiger charge is 2.31. The summed E-state index contributed by atoms with van der Waals surface area (Å²) < 4.78 is 0. The molecule has 36 heavy (non-hydrogen) atoms. The molecule has 15 heteroatoms. The Bertz CT molecular complexity index is 735. The molecule has 0 fully saturated rings. The maximum Gasteiger partial charge on any atom is 0.328 e. The molecule has 14 nitrogen and oxygen atoms in total. The predicted octanol–water partition coefficient (Wildman–Crippen LogP) is -2.83. The highest BCUT2D eigenvalue weighted by Crippen LogP contribution is 2.07. The Kier molecular flexibility index (Phi) is 17.3. The monoisotopic (exact) mass is 534 g/mol. The molecule has 0 aromatic carbocycles. The number of aliphatic hydroxyl groups excluding tert-OH is 1. The number of guanidine groups is 1. The van der Waals surface area contributed by atoms with Crippen molar-refractivity contribution in [1.29, 1.82) is 0 Å². The van der Waals surface area contributed by atoms with Crippen molar-refractivity contribution < 1.29 is 29.4 Å². The van der Waals surface area contributed by atoms with Crippen LogP contribution in [0.2, 0.25) is 0 Å². The minimum Gasteiger partial charge on any atom is -0.480 e. The average Bonchev–Trinajstić information content (AvgIpc) is 2.81. The van der Waals surface area contributed by atoms with Crippen LogP contribution in [-0.2, 0) is 19.2 Å². The first-order valence-corrected chi connectivity index (χ1v) is 13.2. The molecule has 0 heterocycles. The standard InChI is InChI=1S/C21H42N8O6S/c1-12(30)16(20(34)35)29-19(33)14(7-3-4-9-22)28-18(32)15(8-11-36-2)27-17(31)13(23)6-5-10-26-21(24)25/h12-16,30H,3-11,22-23H2,1-2H3,(H,27,31)(H,28,32)(H,29,33)(H,34,35)(H4,24,25,26). The van der Waals surface area contributed by atoms with Gasteiger partial charge >= 0.3 is 5.97 Å². The number of aliphatic carboxylic acids is 1. The number of nitrogens with two attached hydrogens (primary N) is 4. The van der Waals surface area contributed by atoms with Gasteiger partial charge in [-0.1, -0.05) is 0 Å². The van der Waals surface area contributed by atoms with E-state index in [4.69, 9.17) is 22.9 Å². The van der Waals surface area contributed by atoms with Gasteiger partial charge in [0.1, 0.15) is 12.1 Å². The van der Waals surface area contributed by atoms with Crippen molar-refractivity contribution in [2.24, 2.45) is 27.9 Å². The van der Waals surface area contributed by atoms with Gasteiger partial charge in [-0.3, -0.25) is 19.4 Å². The van der Waals surface area contributed by atoms with Crippen LogP contribution in [0.5, 0.6) is 0 Å². The van der Waals surface area contributed by atoms with Crippen molar-refractivity contribution in [3.63, 3.8) is 0 Å². The summed E-state index contributed by atoms with van der Waals surface area (Å²) in [5, 5.41) is 26.4. The van der Waals surface area contributed by atoms with E-state index in [-0.39, 0.29) is 18.8 Å². The van der Waals surface area contributed by atoms with E-state index < -0.39 is 54.0 Å². The van der Waals surface area contributed by atoms with Gasteiger partial charge in [0, 0.05) is 6.54 Å². The Morgan fingerprint density at radius 1 is 0.917 bits per heavy atom. The maximum atomic E-state index is 13.1. The molecule has 208 valence electrons. The van der Waals surface area contributed by atoms with Gasteiger partial charge in [-0.15, -0.1) is 0 Å². The zero-order chi connectivity index (χ0) is 27.7. The first-order valence-electron chi connectivity index (χ1n) is 11.8. The number of hydrogen-bond acceptors (Lipinski definition) is 9. The number of carboxylic acids is 1. The zero-order valence-electron chi connectivity index (χ0n) is 20.9. The summed E-state index contributed by atoms with van der Waals surface area (Å²) in [6, 6.07) is -4.50. The van der Waals surface area contributed by atoms with E-state index in [9.17, 15) is 29.4 Å².